The number of carbonyl (C=O) groups excluding carboxylic acids is 1. The van der Waals surface area contributed by atoms with Gasteiger partial charge in [0.1, 0.15) is 23.4 Å². The molecule has 4 aromatic rings. The van der Waals surface area contributed by atoms with Crippen LogP contribution in [-0.4, -0.2) is 75.6 Å². The van der Waals surface area contributed by atoms with Gasteiger partial charge in [-0.3, -0.25) is 14.8 Å². The second-order valence-corrected chi connectivity index (χ2v) is 10.9. The molecule has 0 aliphatic rings. The Labute approximate surface area is 297 Å². The van der Waals surface area contributed by atoms with Crippen molar-refractivity contribution in [1.29, 1.82) is 5.26 Å². The summed E-state index contributed by atoms with van der Waals surface area (Å²) >= 11 is 12.9. The number of hydrogen-bond acceptors (Lipinski definition) is 10. The van der Waals surface area contributed by atoms with Gasteiger partial charge in [0.2, 0.25) is 5.91 Å². The molecular weight excluding hydrogens is 691 g/mol. The first kappa shape index (κ1) is 40.5. The molecule has 2 heterocycles. The van der Waals surface area contributed by atoms with Crippen LogP contribution in [0.4, 0.5) is 17.1 Å². The number of benzene rings is 2. The lowest BCUT2D eigenvalue weighted by molar-refractivity contribution is -0.134. The van der Waals surface area contributed by atoms with E-state index in [0.717, 1.165) is 0 Å². The molecule has 6 N–H and O–H groups in total. The van der Waals surface area contributed by atoms with Crippen LogP contribution in [0.15, 0.2) is 79.2 Å². The molecule has 262 valence electrons. The van der Waals surface area contributed by atoms with Crippen LogP contribution in [-0.2, 0) is 21.0 Å². The maximum absolute atomic E-state index is 12.7. The number of carboxylic acids is 2. The smallest absolute Gasteiger partial charge is 0.328 e. The van der Waals surface area contributed by atoms with Gasteiger partial charge >= 0.3 is 11.9 Å². The van der Waals surface area contributed by atoms with Crippen LogP contribution in [0.25, 0.3) is 10.9 Å². The van der Waals surface area contributed by atoms with Crippen molar-refractivity contribution in [3.05, 3.63) is 100 Å². The summed E-state index contributed by atoms with van der Waals surface area (Å²) in [6, 6.07) is 14.5. The van der Waals surface area contributed by atoms with Crippen molar-refractivity contribution in [2.45, 2.75) is 13.5 Å². The van der Waals surface area contributed by atoms with E-state index in [9.17, 15) is 19.6 Å². The van der Waals surface area contributed by atoms with Crippen molar-refractivity contribution in [1.82, 2.24) is 14.9 Å². The largest absolute Gasteiger partial charge is 0.492 e. The van der Waals surface area contributed by atoms with Crippen LogP contribution < -0.4 is 20.1 Å². The van der Waals surface area contributed by atoms with Gasteiger partial charge in [0.25, 0.3) is 0 Å². The number of rotatable bonds is 13. The van der Waals surface area contributed by atoms with E-state index < -0.39 is 11.9 Å². The second kappa shape index (κ2) is 19.9. The Kier molecular flexibility index (Phi) is 16.1. The Morgan fingerprint density at radius 2 is 1.72 bits per heavy atom. The van der Waals surface area contributed by atoms with Crippen molar-refractivity contribution in [3.63, 3.8) is 0 Å². The normalized spacial score (nSPS) is 10.6. The highest BCUT2D eigenvalue weighted by Crippen LogP contribution is 2.42. The molecule has 2 aromatic heterocycles. The van der Waals surface area contributed by atoms with Gasteiger partial charge in [-0.1, -0.05) is 35.3 Å². The number of amides is 1. The van der Waals surface area contributed by atoms with E-state index in [2.05, 4.69) is 26.7 Å². The zero-order valence-corrected chi connectivity index (χ0v) is 28.6. The SMILES string of the molecule is CCOc1cc2ncc(C#N)c(Nc3ccc(Cl)c(Cl)c3OCc3ccccn3)c2cc1NC(=O)/C=C/CN(C)C.O.O=C(O)/C=C\C(=O)O. The van der Waals surface area contributed by atoms with Gasteiger partial charge < -0.3 is 40.7 Å². The first-order valence-electron chi connectivity index (χ1n) is 14.5. The molecule has 1 amide bonds. The Bertz CT molecular complexity index is 1900. The van der Waals surface area contributed by atoms with Gasteiger partial charge in [-0.05, 0) is 51.4 Å². The predicted octanol–water partition coefficient (Wildman–Crippen LogP) is 5.47. The second-order valence-electron chi connectivity index (χ2n) is 10.1. The average molecular weight is 726 g/mol. The minimum absolute atomic E-state index is 0. The molecule has 2 aromatic carbocycles. The van der Waals surface area contributed by atoms with Crippen LogP contribution >= 0.6 is 23.2 Å². The molecular formula is C34H34Cl2N6O8. The number of anilines is 3. The van der Waals surface area contributed by atoms with Crippen LogP contribution in [0.5, 0.6) is 11.5 Å². The van der Waals surface area contributed by atoms with Crippen LogP contribution in [0.3, 0.4) is 0 Å². The fourth-order valence-electron chi connectivity index (χ4n) is 4.04. The van der Waals surface area contributed by atoms with Crippen molar-refractivity contribution in [3.8, 4) is 17.6 Å². The van der Waals surface area contributed by atoms with Crippen LogP contribution in [0, 0.1) is 11.3 Å². The molecule has 0 atom stereocenters. The number of aliphatic carboxylic acids is 2. The lowest BCUT2D eigenvalue weighted by Gasteiger charge is -2.18. The van der Waals surface area contributed by atoms with E-state index in [4.69, 9.17) is 42.9 Å². The topological polar surface area (TPSA) is 218 Å². The summed E-state index contributed by atoms with van der Waals surface area (Å²) in [5.41, 5.74) is 2.87. The molecule has 4 rings (SSSR count). The maximum Gasteiger partial charge on any atom is 0.328 e. The number of nitrogens with one attached hydrogen (secondary N) is 2. The summed E-state index contributed by atoms with van der Waals surface area (Å²) < 4.78 is 11.8. The first-order valence-corrected chi connectivity index (χ1v) is 15.2. The number of carboxylic acid groups (broad SMARTS) is 2. The third-order valence-corrected chi connectivity index (χ3v) is 6.94. The lowest BCUT2D eigenvalue weighted by atomic mass is 10.1. The maximum atomic E-state index is 12.7. The van der Waals surface area contributed by atoms with Crippen molar-refractivity contribution in [2.75, 3.05) is 37.9 Å². The van der Waals surface area contributed by atoms with E-state index in [-0.39, 0.29) is 28.6 Å². The Morgan fingerprint density at radius 3 is 2.32 bits per heavy atom. The third-order valence-electron chi connectivity index (χ3n) is 6.16. The number of likely N-dealkylation sites (N-methyl/N-ethyl adjacent to an activating group) is 1. The molecule has 16 heteroatoms. The Balaban J connectivity index is 0.000000859. The summed E-state index contributed by atoms with van der Waals surface area (Å²) in [5.74, 6) is -2.09. The Hall–Kier alpha value is -5.72. The number of pyridine rings is 2. The molecule has 0 fully saturated rings. The highest BCUT2D eigenvalue weighted by Gasteiger charge is 2.19. The number of ether oxygens (including phenoxy) is 2. The van der Waals surface area contributed by atoms with E-state index in [1.807, 2.05) is 44.1 Å². The number of halogens is 2. The van der Waals surface area contributed by atoms with Crippen molar-refractivity contribution in [2.24, 2.45) is 0 Å². The minimum atomic E-state index is -1.26. The zero-order chi connectivity index (χ0) is 35.9. The lowest BCUT2D eigenvalue weighted by Crippen LogP contribution is -2.13. The molecule has 0 saturated heterocycles. The monoisotopic (exact) mass is 724 g/mol. The van der Waals surface area contributed by atoms with Crippen molar-refractivity contribution >= 4 is 69.0 Å². The third kappa shape index (κ3) is 12.1. The number of hydrogen-bond donors (Lipinski definition) is 4. The van der Waals surface area contributed by atoms with Gasteiger partial charge in [0, 0.05) is 48.6 Å². The molecule has 0 aliphatic heterocycles. The highest BCUT2D eigenvalue weighted by molar-refractivity contribution is 6.43. The predicted molar refractivity (Wildman–Crippen MR) is 190 cm³/mol. The molecule has 0 unspecified atom stereocenters. The van der Waals surface area contributed by atoms with Gasteiger partial charge in [-0.25, -0.2) is 9.59 Å². The number of aromatic nitrogens is 2. The zero-order valence-electron chi connectivity index (χ0n) is 27.1. The van der Waals surface area contributed by atoms with Crippen LogP contribution in [0.1, 0.15) is 18.2 Å². The van der Waals surface area contributed by atoms with E-state index >= 15 is 0 Å². The summed E-state index contributed by atoms with van der Waals surface area (Å²) in [6.45, 7) is 2.99. The van der Waals surface area contributed by atoms with E-state index in [1.165, 1.54) is 12.3 Å². The standard InChI is InChI=1S/C30H28Cl2N6O3.C4H4O4.H2O/c1-4-40-26-15-24-21(14-25(26)36-27(39)9-7-13-38(2)3)29(19(16-33)17-35-24)37-23-11-10-22(31)28(32)30(23)41-18-20-8-5-6-12-34-20;5-3(6)1-2-4(7)8;/h5-12,14-15,17H,4,13,18H2,1-3H3,(H,35,37)(H,36,39);1-2H,(H,5,6)(H,7,8);1H2/b9-7+;2-1-;. The number of carbonyl (C=O) groups is 3. The fourth-order valence-corrected chi connectivity index (χ4v) is 4.40. The summed E-state index contributed by atoms with van der Waals surface area (Å²) in [4.78, 5) is 42.5. The molecule has 14 nitrogen and oxygen atoms in total. The summed E-state index contributed by atoms with van der Waals surface area (Å²) in [6.07, 6.45) is 7.48. The molecule has 0 radical (unpaired) electrons. The minimum Gasteiger partial charge on any atom is -0.492 e. The summed E-state index contributed by atoms with van der Waals surface area (Å²) in [7, 11) is 3.83. The molecule has 0 saturated carbocycles. The molecule has 0 spiro atoms. The van der Waals surface area contributed by atoms with Crippen molar-refractivity contribution < 1.29 is 39.5 Å². The Morgan fingerprint density at radius 1 is 1.00 bits per heavy atom. The number of nitriles is 1. The number of fused-ring (bicyclic) bond motifs is 1. The quantitative estimate of drug-likeness (QED) is 0.126. The fraction of sp³-hybridized carbons (Fsp3) is 0.176. The summed E-state index contributed by atoms with van der Waals surface area (Å²) in [5, 5.41) is 32.8. The molecule has 0 aliphatic carbocycles. The molecule has 0 bridgehead atoms. The van der Waals surface area contributed by atoms with Crippen LogP contribution in [0.2, 0.25) is 10.0 Å². The van der Waals surface area contributed by atoms with Gasteiger partial charge in [0.05, 0.1) is 45.5 Å². The van der Waals surface area contributed by atoms with Gasteiger partial charge in [0.15, 0.2) is 5.75 Å². The first-order chi connectivity index (χ1) is 23.4. The number of nitrogens with zero attached hydrogens (tertiary/aromatic N) is 4. The van der Waals surface area contributed by atoms with E-state index in [1.54, 1.807) is 36.5 Å². The van der Waals surface area contributed by atoms with E-state index in [0.29, 0.717) is 75.5 Å². The van der Waals surface area contributed by atoms with Gasteiger partial charge in [-0.2, -0.15) is 5.26 Å². The highest BCUT2D eigenvalue weighted by atomic mass is 35.5. The molecule has 50 heavy (non-hydrogen) atoms. The average Bonchev–Trinajstić information content (AvgIpc) is 3.06. The van der Waals surface area contributed by atoms with Gasteiger partial charge in [-0.15, -0.1) is 0 Å².